The summed E-state index contributed by atoms with van der Waals surface area (Å²) in [5, 5.41) is 22.1. The van der Waals surface area contributed by atoms with Crippen LogP contribution in [0, 0.1) is 10.1 Å². The first-order valence-electron chi connectivity index (χ1n) is 7.54. The summed E-state index contributed by atoms with van der Waals surface area (Å²) in [5.41, 5.74) is 0.836. The molecule has 0 bridgehead atoms. The van der Waals surface area contributed by atoms with E-state index in [0.717, 1.165) is 25.9 Å². The van der Waals surface area contributed by atoms with Gasteiger partial charge in [0.25, 0.3) is 5.69 Å². The van der Waals surface area contributed by atoms with Gasteiger partial charge < -0.3 is 5.11 Å². The van der Waals surface area contributed by atoms with Crippen LogP contribution in [0.3, 0.4) is 0 Å². The standard InChI is InChI=1S/C16H21N3O3/c1-3-8-18(9-4-2)11-12-10-14(19(21)22)13-6-5-7-17-15(13)16(12)20/h5-7,10,20H,3-4,8-9,11H2,1-2H3. The number of fused-ring (bicyclic) bond motifs is 1. The molecule has 118 valence electrons. The van der Waals surface area contributed by atoms with Crippen LogP contribution in [0.15, 0.2) is 24.4 Å². The van der Waals surface area contributed by atoms with Gasteiger partial charge in [0.05, 0.1) is 10.3 Å². The smallest absolute Gasteiger partial charge is 0.279 e. The van der Waals surface area contributed by atoms with Gasteiger partial charge in [0.2, 0.25) is 0 Å². The lowest BCUT2D eigenvalue weighted by Crippen LogP contribution is -2.25. The highest BCUT2D eigenvalue weighted by Gasteiger charge is 2.20. The highest BCUT2D eigenvalue weighted by molar-refractivity contribution is 5.93. The predicted molar refractivity (Wildman–Crippen MR) is 85.9 cm³/mol. The highest BCUT2D eigenvalue weighted by atomic mass is 16.6. The molecule has 0 amide bonds. The lowest BCUT2D eigenvalue weighted by Gasteiger charge is -2.21. The number of hydrogen-bond acceptors (Lipinski definition) is 5. The van der Waals surface area contributed by atoms with Crippen molar-refractivity contribution in [3.05, 3.63) is 40.1 Å². The Bertz CT molecular complexity index is 667. The molecule has 22 heavy (non-hydrogen) atoms. The van der Waals surface area contributed by atoms with Gasteiger partial charge in [0.1, 0.15) is 11.3 Å². The van der Waals surface area contributed by atoms with E-state index in [9.17, 15) is 15.2 Å². The molecule has 0 aliphatic rings. The number of nitro benzene ring substituents is 1. The van der Waals surface area contributed by atoms with E-state index in [4.69, 9.17) is 0 Å². The molecule has 1 heterocycles. The van der Waals surface area contributed by atoms with Crippen molar-refractivity contribution >= 4 is 16.6 Å². The minimum atomic E-state index is -0.420. The molecule has 0 atom stereocenters. The van der Waals surface area contributed by atoms with Gasteiger partial charge in [0.15, 0.2) is 0 Å². The summed E-state index contributed by atoms with van der Waals surface area (Å²) in [5.74, 6) is 0.0402. The van der Waals surface area contributed by atoms with Crippen LogP contribution in [0.4, 0.5) is 5.69 Å². The number of aromatic hydroxyl groups is 1. The maximum absolute atomic E-state index is 11.3. The molecule has 1 aromatic carbocycles. The number of benzene rings is 1. The maximum Gasteiger partial charge on any atom is 0.279 e. The maximum atomic E-state index is 11.3. The fraction of sp³-hybridized carbons (Fsp3) is 0.438. The van der Waals surface area contributed by atoms with Crippen LogP contribution in [0.1, 0.15) is 32.3 Å². The number of pyridine rings is 1. The number of phenolic OH excluding ortho intramolecular Hbond substituents is 1. The van der Waals surface area contributed by atoms with Crippen LogP contribution in [-0.4, -0.2) is 33.0 Å². The molecule has 0 spiro atoms. The number of rotatable bonds is 7. The van der Waals surface area contributed by atoms with E-state index in [1.807, 2.05) is 0 Å². The molecule has 0 fully saturated rings. The average Bonchev–Trinajstić information content (AvgIpc) is 2.50. The molecule has 1 aromatic heterocycles. The third-order valence-electron chi connectivity index (χ3n) is 3.59. The van der Waals surface area contributed by atoms with E-state index < -0.39 is 4.92 Å². The minimum Gasteiger partial charge on any atom is -0.505 e. The molecular formula is C16H21N3O3. The van der Waals surface area contributed by atoms with Gasteiger partial charge >= 0.3 is 0 Å². The van der Waals surface area contributed by atoms with Crippen molar-refractivity contribution in [2.75, 3.05) is 13.1 Å². The molecule has 6 nitrogen and oxygen atoms in total. The van der Waals surface area contributed by atoms with Crippen LogP contribution in [0.25, 0.3) is 10.9 Å². The van der Waals surface area contributed by atoms with E-state index in [1.54, 1.807) is 12.1 Å². The van der Waals surface area contributed by atoms with Crippen LogP contribution in [-0.2, 0) is 6.54 Å². The molecule has 1 N–H and O–H groups in total. The van der Waals surface area contributed by atoms with E-state index in [2.05, 4.69) is 23.7 Å². The minimum absolute atomic E-state index is 0.0103. The molecule has 2 rings (SSSR count). The SMILES string of the molecule is CCCN(CCC)Cc1cc([N+](=O)[O-])c2cccnc2c1O. The first kappa shape index (κ1) is 16.2. The quantitative estimate of drug-likeness (QED) is 0.626. The van der Waals surface area contributed by atoms with Crippen LogP contribution >= 0.6 is 0 Å². The zero-order chi connectivity index (χ0) is 16.1. The lowest BCUT2D eigenvalue weighted by atomic mass is 10.1. The van der Waals surface area contributed by atoms with Crippen molar-refractivity contribution in [2.45, 2.75) is 33.2 Å². The van der Waals surface area contributed by atoms with Gasteiger partial charge in [-0.3, -0.25) is 20.0 Å². The molecule has 0 unspecified atom stereocenters. The van der Waals surface area contributed by atoms with E-state index in [0.29, 0.717) is 23.0 Å². The van der Waals surface area contributed by atoms with Crippen LogP contribution < -0.4 is 0 Å². The lowest BCUT2D eigenvalue weighted by molar-refractivity contribution is -0.383. The summed E-state index contributed by atoms with van der Waals surface area (Å²) in [4.78, 5) is 17.2. The van der Waals surface area contributed by atoms with Gasteiger partial charge in [-0.25, -0.2) is 0 Å². The van der Waals surface area contributed by atoms with Crippen molar-refractivity contribution < 1.29 is 10.0 Å². The zero-order valence-electron chi connectivity index (χ0n) is 13.0. The van der Waals surface area contributed by atoms with E-state index in [1.165, 1.54) is 12.3 Å². The molecule has 0 aliphatic heterocycles. The summed E-state index contributed by atoms with van der Waals surface area (Å²) in [6.45, 7) is 6.45. The molecule has 0 aliphatic carbocycles. The topological polar surface area (TPSA) is 79.5 Å². The number of phenols is 1. The van der Waals surface area contributed by atoms with Gasteiger partial charge in [-0.2, -0.15) is 0 Å². The Labute approximate surface area is 129 Å². The summed E-state index contributed by atoms with van der Waals surface area (Å²) < 4.78 is 0. The first-order valence-corrected chi connectivity index (χ1v) is 7.54. The summed E-state index contributed by atoms with van der Waals surface area (Å²) in [6, 6.07) is 4.71. The van der Waals surface area contributed by atoms with Crippen molar-refractivity contribution in [2.24, 2.45) is 0 Å². The van der Waals surface area contributed by atoms with Gasteiger partial charge in [-0.05, 0) is 38.1 Å². The fourth-order valence-electron chi connectivity index (χ4n) is 2.68. The Hall–Kier alpha value is -2.21. The molecule has 0 saturated carbocycles. The van der Waals surface area contributed by atoms with Crippen molar-refractivity contribution in [3.8, 4) is 5.75 Å². The average molecular weight is 303 g/mol. The summed E-state index contributed by atoms with van der Waals surface area (Å²) in [7, 11) is 0. The van der Waals surface area contributed by atoms with E-state index in [-0.39, 0.29) is 11.4 Å². The number of nitrogens with zero attached hydrogens (tertiary/aromatic N) is 3. The second kappa shape index (κ2) is 7.17. The largest absolute Gasteiger partial charge is 0.505 e. The first-order chi connectivity index (χ1) is 10.6. The number of non-ortho nitro benzene ring substituents is 1. The van der Waals surface area contributed by atoms with Gasteiger partial charge in [0, 0.05) is 24.4 Å². The summed E-state index contributed by atoms with van der Waals surface area (Å²) in [6.07, 6.45) is 3.52. The van der Waals surface area contributed by atoms with Crippen LogP contribution in [0.2, 0.25) is 0 Å². The molecular weight excluding hydrogens is 282 g/mol. The van der Waals surface area contributed by atoms with E-state index >= 15 is 0 Å². The Kier molecular flexibility index (Phi) is 5.27. The van der Waals surface area contributed by atoms with Crippen LogP contribution in [0.5, 0.6) is 5.75 Å². The Balaban J connectivity index is 2.49. The third-order valence-corrected chi connectivity index (χ3v) is 3.59. The normalized spacial score (nSPS) is 11.2. The molecule has 6 heteroatoms. The fourth-order valence-corrected chi connectivity index (χ4v) is 2.68. The van der Waals surface area contributed by atoms with Crippen molar-refractivity contribution in [1.82, 2.24) is 9.88 Å². The molecule has 2 aromatic rings. The second-order valence-corrected chi connectivity index (χ2v) is 5.34. The van der Waals surface area contributed by atoms with Crippen molar-refractivity contribution in [1.29, 1.82) is 0 Å². The third kappa shape index (κ3) is 3.33. The second-order valence-electron chi connectivity index (χ2n) is 5.34. The molecule has 0 saturated heterocycles. The molecule has 0 radical (unpaired) electrons. The Morgan fingerprint density at radius 3 is 2.59 bits per heavy atom. The zero-order valence-corrected chi connectivity index (χ0v) is 13.0. The Morgan fingerprint density at radius 1 is 1.32 bits per heavy atom. The van der Waals surface area contributed by atoms with Crippen molar-refractivity contribution in [3.63, 3.8) is 0 Å². The Morgan fingerprint density at radius 2 is 2.00 bits per heavy atom. The summed E-state index contributed by atoms with van der Waals surface area (Å²) >= 11 is 0. The number of nitro groups is 1. The predicted octanol–water partition coefficient (Wildman–Crippen LogP) is 3.47. The number of aromatic nitrogens is 1. The highest BCUT2D eigenvalue weighted by Crippen LogP contribution is 2.35. The number of hydrogen-bond donors (Lipinski definition) is 1. The van der Waals surface area contributed by atoms with Gasteiger partial charge in [-0.15, -0.1) is 0 Å². The van der Waals surface area contributed by atoms with Gasteiger partial charge in [-0.1, -0.05) is 13.8 Å². The monoisotopic (exact) mass is 303 g/mol.